The largest absolute Gasteiger partial charge is 0.303 e. The monoisotopic (exact) mass is 170 g/mol. The first-order valence-corrected chi connectivity index (χ1v) is 4.15. The molecule has 0 aromatic carbocycles. The summed E-state index contributed by atoms with van der Waals surface area (Å²) in [6.07, 6.45) is 1.35. The molecular weight excluding hydrogens is 156 g/mol. The Bertz CT molecular complexity index is 184. The first-order valence-electron chi connectivity index (χ1n) is 4.15. The molecule has 3 nitrogen and oxygen atoms in total. The lowest BCUT2D eigenvalue weighted by atomic mass is 9.97. The third kappa shape index (κ3) is 3.42. The molecule has 0 N–H and O–H groups in total. The van der Waals surface area contributed by atoms with Crippen LogP contribution in [0, 0.1) is 5.92 Å². The maximum atomic E-state index is 11.0. The number of carbonyl (C=O) groups is 3. The fourth-order valence-electron chi connectivity index (χ4n) is 0.890. The maximum Gasteiger partial charge on any atom is 0.143 e. The van der Waals surface area contributed by atoms with Gasteiger partial charge in [0.1, 0.15) is 17.9 Å². The molecule has 0 saturated heterocycles. The van der Waals surface area contributed by atoms with Gasteiger partial charge in [-0.05, 0) is 0 Å². The van der Waals surface area contributed by atoms with Gasteiger partial charge in [-0.15, -0.1) is 0 Å². The first kappa shape index (κ1) is 11.0. The van der Waals surface area contributed by atoms with Gasteiger partial charge in [0, 0.05) is 19.3 Å². The van der Waals surface area contributed by atoms with Crippen molar-refractivity contribution in [3.63, 3.8) is 0 Å². The van der Waals surface area contributed by atoms with Crippen molar-refractivity contribution in [3.8, 4) is 0 Å². The molecule has 0 saturated carbocycles. The number of aldehydes is 1. The summed E-state index contributed by atoms with van der Waals surface area (Å²) in [7, 11) is 0. The van der Waals surface area contributed by atoms with Gasteiger partial charge in [-0.2, -0.15) is 0 Å². The van der Waals surface area contributed by atoms with E-state index in [-0.39, 0.29) is 18.0 Å². The van der Waals surface area contributed by atoms with Gasteiger partial charge in [-0.1, -0.05) is 13.8 Å². The van der Waals surface area contributed by atoms with Crippen molar-refractivity contribution in [2.24, 2.45) is 5.92 Å². The fourth-order valence-corrected chi connectivity index (χ4v) is 0.890. The zero-order valence-corrected chi connectivity index (χ0v) is 7.50. The third-order valence-electron chi connectivity index (χ3n) is 1.77. The van der Waals surface area contributed by atoms with Crippen LogP contribution < -0.4 is 0 Å². The highest BCUT2D eigenvalue weighted by molar-refractivity contribution is 5.97. The highest BCUT2D eigenvalue weighted by Crippen LogP contribution is 2.06. The number of carbonyl (C=O) groups excluding carboxylic acids is 3. The van der Waals surface area contributed by atoms with Crippen LogP contribution >= 0.6 is 0 Å². The van der Waals surface area contributed by atoms with E-state index in [4.69, 9.17) is 0 Å². The molecule has 0 bridgehead atoms. The molecule has 0 aliphatic heterocycles. The molecule has 1 atom stereocenters. The number of hydrogen-bond donors (Lipinski definition) is 0. The minimum atomic E-state index is -0.706. The molecule has 3 heteroatoms. The van der Waals surface area contributed by atoms with E-state index in [1.165, 1.54) is 0 Å². The minimum absolute atomic E-state index is 0.0334. The molecule has 0 aliphatic carbocycles. The van der Waals surface area contributed by atoms with E-state index < -0.39 is 5.92 Å². The second-order valence-electron chi connectivity index (χ2n) is 2.66. The molecule has 0 aromatic heterocycles. The van der Waals surface area contributed by atoms with Crippen LogP contribution in [0.5, 0.6) is 0 Å². The number of Topliss-reactive ketones (excluding diaryl/α,β-unsaturated/α-hetero) is 2. The van der Waals surface area contributed by atoms with Gasteiger partial charge in [0.05, 0.1) is 5.92 Å². The second kappa shape index (κ2) is 5.63. The molecule has 0 rings (SSSR count). The molecular formula is C9H14O3. The van der Waals surface area contributed by atoms with E-state index >= 15 is 0 Å². The lowest BCUT2D eigenvalue weighted by molar-refractivity contribution is -0.131. The first-order chi connectivity index (χ1) is 5.65. The second-order valence-corrected chi connectivity index (χ2v) is 2.66. The molecule has 12 heavy (non-hydrogen) atoms. The summed E-state index contributed by atoms with van der Waals surface area (Å²) < 4.78 is 0. The zero-order valence-electron chi connectivity index (χ0n) is 7.50. The molecule has 0 radical (unpaired) electrons. The quantitative estimate of drug-likeness (QED) is 0.444. The Kier molecular flexibility index (Phi) is 5.17. The maximum absolute atomic E-state index is 11.0. The van der Waals surface area contributed by atoms with Gasteiger partial charge in [0.15, 0.2) is 0 Å². The Morgan fingerprint density at radius 2 is 1.83 bits per heavy atom. The van der Waals surface area contributed by atoms with Gasteiger partial charge >= 0.3 is 0 Å². The van der Waals surface area contributed by atoms with Crippen LogP contribution in [-0.4, -0.2) is 17.9 Å². The van der Waals surface area contributed by atoms with Crippen molar-refractivity contribution < 1.29 is 14.4 Å². The van der Waals surface area contributed by atoms with Gasteiger partial charge in [0.25, 0.3) is 0 Å². The topological polar surface area (TPSA) is 51.2 Å². The molecule has 0 aromatic rings. The van der Waals surface area contributed by atoms with E-state index in [1.807, 2.05) is 0 Å². The number of rotatable bonds is 6. The van der Waals surface area contributed by atoms with E-state index in [1.54, 1.807) is 13.8 Å². The summed E-state index contributed by atoms with van der Waals surface area (Å²) >= 11 is 0. The summed E-state index contributed by atoms with van der Waals surface area (Å²) in [5.41, 5.74) is 0. The van der Waals surface area contributed by atoms with Crippen LogP contribution in [0.3, 0.4) is 0 Å². The summed E-state index contributed by atoms with van der Waals surface area (Å²) in [6, 6.07) is 0. The highest BCUT2D eigenvalue weighted by Gasteiger charge is 2.18. The molecule has 0 fully saturated rings. The van der Waals surface area contributed by atoms with Crippen LogP contribution in [0.2, 0.25) is 0 Å². The normalized spacial score (nSPS) is 12.2. The minimum Gasteiger partial charge on any atom is -0.303 e. The summed E-state index contributed by atoms with van der Waals surface area (Å²) in [6.45, 7) is 3.41. The zero-order chi connectivity index (χ0) is 9.56. The lowest BCUT2D eigenvalue weighted by Crippen LogP contribution is -2.18. The fraction of sp³-hybridized carbons (Fsp3) is 0.667. The van der Waals surface area contributed by atoms with Crippen molar-refractivity contribution in [2.45, 2.75) is 33.1 Å². The van der Waals surface area contributed by atoms with Crippen molar-refractivity contribution in [3.05, 3.63) is 0 Å². The summed E-state index contributed by atoms with van der Waals surface area (Å²) in [5, 5.41) is 0. The van der Waals surface area contributed by atoms with E-state index in [0.717, 1.165) is 0 Å². The van der Waals surface area contributed by atoms with Gasteiger partial charge in [-0.3, -0.25) is 9.59 Å². The molecule has 68 valence electrons. The van der Waals surface area contributed by atoms with Crippen molar-refractivity contribution in [1.82, 2.24) is 0 Å². The van der Waals surface area contributed by atoms with E-state index in [9.17, 15) is 14.4 Å². The van der Waals surface area contributed by atoms with Gasteiger partial charge < -0.3 is 4.79 Å². The number of ketones is 2. The van der Waals surface area contributed by atoms with Crippen LogP contribution in [0.4, 0.5) is 0 Å². The smallest absolute Gasteiger partial charge is 0.143 e. The molecule has 0 aliphatic rings. The lowest BCUT2D eigenvalue weighted by Gasteiger charge is -2.04. The van der Waals surface area contributed by atoms with Crippen molar-refractivity contribution in [2.75, 3.05) is 0 Å². The Balaban J connectivity index is 4.08. The Morgan fingerprint density at radius 1 is 1.25 bits per heavy atom. The van der Waals surface area contributed by atoms with Crippen LogP contribution in [-0.2, 0) is 14.4 Å². The average Bonchev–Trinajstić information content (AvgIpc) is 2.12. The van der Waals surface area contributed by atoms with Crippen LogP contribution in [0.25, 0.3) is 0 Å². The number of hydrogen-bond acceptors (Lipinski definition) is 3. The Hall–Kier alpha value is -0.990. The molecule has 0 heterocycles. The third-order valence-corrected chi connectivity index (χ3v) is 1.77. The standard InChI is InChI=1S/C9H14O3/c1-3-8(11)5-7(6-10)9(12)4-2/h6-7H,3-5H2,1-2H3. The van der Waals surface area contributed by atoms with Crippen molar-refractivity contribution in [1.29, 1.82) is 0 Å². The van der Waals surface area contributed by atoms with Gasteiger partial charge in [-0.25, -0.2) is 0 Å². The molecule has 0 spiro atoms. The van der Waals surface area contributed by atoms with E-state index in [2.05, 4.69) is 0 Å². The average molecular weight is 170 g/mol. The van der Waals surface area contributed by atoms with Crippen LogP contribution in [0.1, 0.15) is 33.1 Å². The van der Waals surface area contributed by atoms with E-state index in [0.29, 0.717) is 19.1 Å². The Morgan fingerprint density at radius 3 is 2.17 bits per heavy atom. The highest BCUT2D eigenvalue weighted by atomic mass is 16.1. The molecule has 0 amide bonds. The summed E-state index contributed by atoms with van der Waals surface area (Å²) in [5.74, 6) is -0.886. The van der Waals surface area contributed by atoms with Crippen LogP contribution in [0.15, 0.2) is 0 Å². The predicted octanol–water partition coefficient (Wildman–Crippen LogP) is 1.15. The SMILES string of the molecule is CCC(=O)CC(C=O)C(=O)CC. The Labute approximate surface area is 72.1 Å². The predicted molar refractivity (Wildman–Crippen MR) is 44.8 cm³/mol. The van der Waals surface area contributed by atoms with Crippen molar-refractivity contribution >= 4 is 17.9 Å². The summed E-state index contributed by atoms with van der Waals surface area (Å²) in [4.78, 5) is 32.3. The van der Waals surface area contributed by atoms with Gasteiger partial charge in [0.2, 0.25) is 0 Å². The molecule has 1 unspecified atom stereocenters.